The van der Waals surface area contributed by atoms with Crippen molar-refractivity contribution < 1.29 is 4.92 Å². The molecular weight excluding hydrogens is 244 g/mol. The molecule has 0 bridgehead atoms. The van der Waals surface area contributed by atoms with Crippen LogP contribution in [-0.2, 0) is 0 Å². The van der Waals surface area contributed by atoms with Crippen LogP contribution in [0.15, 0.2) is 24.3 Å². The minimum atomic E-state index is -0.484. The molecule has 2 rings (SSSR count). The Kier molecular flexibility index (Phi) is 2.72. The highest BCUT2D eigenvalue weighted by molar-refractivity contribution is 6.32. The predicted octanol–water partition coefficient (Wildman–Crippen LogP) is 2.32. The number of hydrogen-bond donors (Lipinski definition) is 1. The third-order valence-electron chi connectivity index (χ3n) is 2.28. The first-order valence-electron chi connectivity index (χ1n) is 4.75. The molecule has 1 aromatic heterocycles. The van der Waals surface area contributed by atoms with Gasteiger partial charge in [0.15, 0.2) is 0 Å². The van der Waals surface area contributed by atoms with Gasteiger partial charge >= 0.3 is 0 Å². The summed E-state index contributed by atoms with van der Waals surface area (Å²) in [6.45, 7) is 1.79. The Morgan fingerprint density at radius 1 is 1.47 bits per heavy atom. The van der Waals surface area contributed by atoms with Crippen LogP contribution in [0.5, 0.6) is 0 Å². The number of nitrogens with two attached hydrogens (primary N) is 1. The molecular formula is C10H9ClN4O2. The van der Waals surface area contributed by atoms with Gasteiger partial charge in [0.2, 0.25) is 0 Å². The minimum absolute atomic E-state index is 0.0436. The van der Waals surface area contributed by atoms with Crippen molar-refractivity contribution in [3.63, 3.8) is 0 Å². The van der Waals surface area contributed by atoms with Crippen LogP contribution < -0.4 is 5.73 Å². The van der Waals surface area contributed by atoms with Crippen molar-refractivity contribution in [1.29, 1.82) is 0 Å². The molecule has 0 aliphatic rings. The lowest BCUT2D eigenvalue weighted by atomic mass is 10.2. The summed E-state index contributed by atoms with van der Waals surface area (Å²) in [6.07, 6.45) is 0. The van der Waals surface area contributed by atoms with Crippen LogP contribution in [0.1, 0.15) is 5.69 Å². The quantitative estimate of drug-likeness (QED) is 0.656. The van der Waals surface area contributed by atoms with Crippen LogP contribution in [0.4, 0.5) is 11.5 Å². The molecule has 0 saturated carbocycles. The van der Waals surface area contributed by atoms with Gasteiger partial charge in [0.1, 0.15) is 5.82 Å². The fourth-order valence-electron chi connectivity index (χ4n) is 1.52. The van der Waals surface area contributed by atoms with Gasteiger partial charge in [-0.05, 0) is 13.0 Å². The fraction of sp³-hybridized carbons (Fsp3) is 0.100. The topological polar surface area (TPSA) is 87.0 Å². The van der Waals surface area contributed by atoms with Crippen molar-refractivity contribution in [2.75, 3.05) is 5.73 Å². The van der Waals surface area contributed by atoms with E-state index in [9.17, 15) is 10.1 Å². The molecule has 0 fully saturated rings. The molecule has 6 nitrogen and oxygen atoms in total. The van der Waals surface area contributed by atoms with Crippen molar-refractivity contribution in [2.45, 2.75) is 6.92 Å². The second kappa shape index (κ2) is 4.06. The molecule has 0 radical (unpaired) electrons. The second-order valence-corrected chi connectivity index (χ2v) is 3.92. The number of aryl methyl sites for hydroxylation is 1. The zero-order valence-electron chi connectivity index (χ0n) is 8.92. The Labute approximate surface area is 102 Å². The number of nitrogen functional groups attached to an aromatic ring is 1. The summed E-state index contributed by atoms with van der Waals surface area (Å²) in [7, 11) is 0. The Balaban J connectivity index is 2.62. The minimum Gasteiger partial charge on any atom is -0.382 e. The highest BCUT2D eigenvalue weighted by Crippen LogP contribution is 2.26. The molecule has 2 N–H and O–H groups in total. The van der Waals surface area contributed by atoms with E-state index >= 15 is 0 Å². The van der Waals surface area contributed by atoms with E-state index in [2.05, 4.69) is 5.10 Å². The largest absolute Gasteiger partial charge is 0.382 e. The summed E-state index contributed by atoms with van der Waals surface area (Å²) in [5.41, 5.74) is 6.71. The van der Waals surface area contributed by atoms with E-state index in [0.717, 1.165) is 5.69 Å². The van der Waals surface area contributed by atoms with Crippen LogP contribution in [0, 0.1) is 17.0 Å². The van der Waals surface area contributed by atoms with E-state index in [-0.39, 0.29) is 5.69 Å². The summed E-state index contributed by atoms with van der Waals surface area (Å²) in [4.78, 5) is 10.2. The van der Waals surface area contributed by atoms with Gasteiger partial charge in [-0.1, -0.05) is 11.6 Å². The van der Waals surface area contributed by atoms with Gasteiger partial charge in [-0.25, -0.2) is 4.68 Å². The zero-order valence-corrected chi connectivity index (χ0v) is 9.68. The third kappa shape index (κ3) is 2.07. The van der Waals surface area contributed by atoms with Crippen molar-refractivity contribution in [3.8, 4) is 5.69 Å². The first-order chi connectivity index (χ1) is 7.99. The summed E-state index contributed by atoms with van der Waals surface area (Å²) in [5.74, 6) is 0.338. The number of aromatic nitrogens is 2. The molecule has 0 amide bonds. The van der Waals surface area contributed by atoms with Crippen LogP contribution >= 0.6 is 11.6 Å². The first kappa shape index (κ1) is 11.4. The lowest BCUT2D eigenvalue weighted by molar-refractivity contribution is -0.384. The monoisotopic (exact) mass is 252 g/mol. The van der Waals surface area contributed by atoms with Gasteiger partial charge in [-0.3, -0.25) is 10.1 Å². The molecule has 0 saturated heterocycles. The van der Waals surface area contributed by atoms with E-state index in [1.807, 2.05) is 0 Å². The summed E-state index contributed by atoms with van der Waals surface area (Å²) in [6, 6.07) is 5.83. The Morgan fingerprint density at radius 3 is 2.71 bits per heavy atom. The van der Waals surface area contributed by atoms with E-state index in [1.165, 1.54) is 22.9 Å². The SMILES string of the molecule is Cc1cc(N)nn1-c1cc([N+](=O)[O-])ccc1Cl. The summed E-state index contributed by atoms with van der Waals surface area (Å²) < 4.78 is 1.48. The molecule has 1 aromatic carbocycles. The molecule has 1 heterocycles. The molecule has 2 aromatic rings. The first-order valence-corrected chi connectivity index (χ1v) is 5.13. The number of rotatable bonds is 2. The van der Waals surface area contributed by atoms with Crippen LogP contribution in [0.2, 0.25) is 5.02 Å². The summed E-state index contributed by atoms with van der Waals surface area (Å²) >= 11 is 5.99. The maximum atomic E-state index is 10.7. The lowest BCUT2D eigenvalue weighted by Crippen LogP contribution is -2.01. The van der Waals surface area contributed by atoms with E-state index in [0.29, 0.717) is 16.5 Å². The molecule has 0 aliphatic carbocycles. The smallest absolute Gasteiger partial charge is 0.271 e. The number of nitro benzene ring substituents is 1. The average Bonchev–Trinajstić information content (AvgIpc) is 2.58. The van der Waals surface area contributed by atoms with Gasteiger partial charge in [-0.15, -0.1) is 0 Å². The van der Waals surface area contributed by atoms with Gasteiger partial charge in [0.05, 0.1) is 15.6 Å². The van der Waals surface area contributed by atoms with E-state index < -0.39 is 4.92 Å². The van der Waals surface area contributed by atoms with Crippen LogP contribution in [0.3, 0.4) is 0 Å². The second-order valence-electron chi connectivity index (χ2n) is 3.52. The Morgan fingerprint density at radius 2 is 2.18 bits per heavy atom. The number of benzene rings is 1. The molecule has 17 heavy (non-hydrogen) atoms. The number of nitrogens with zero attached hydrogens (tertiary/aromatic N) is 3. The number of anilines is 1. The van der Waals surface area contributed by atoms with Crippen molar-refractivity contribution in [2.24, 2.45) is 0 Å². The number of hydrogen-bond acceptors (Lipinski definition) is 4. The molecule has 0 spiro atoms. The van der Waals surface area contributed by atoms with Crippen LogP contribution in [0.25, 0.3) is 5.69 Å². The molecule has 0 atom stereocenters. The van der Waals surface area contributed by atoms with Crippen LogP contribution in [-0.4, -0.2) is 14.7 Å². The average molecular weight is 253 g/mol. The Bertz CT molecular complexity index is 594. The van der Waals surface area contributed by atoms with Gasteiger partial charge in [0, 0.05) is 23.9 Å². The fourth-order valence-corrected chi connectivity index (χ4v) is 1.72. The van der Waals surface area contributed by atoms with Crippen molar-refractivity contribution in [1.82, 2.24) is 9.78 Å². The maximum Gasteiger partial charge on any atom is 0.271 e. The Hall–Kier alpha value is -2.08. The highest BCUT2D eigenvalue weighted by Gasteiger charge is 2.13. The van der Waals surface area contributed by atoms with Gasteiger partial charge in [-0.2, -0.15) is 5.10 Å². The number of halogens is 1. The number of nitro groups is 1. The molecule has 88 valence electrons. The van der Waals surface area contributed by atoms with E-state index in [4.69, 9.17) is 17.3 Å². The molecule has 7 heteroatoms. The van der Waals surface area contributed by atoms with Crippen molar-refractivity contribution >= 4 is 23.1 Å². The normalized spacial score (nSPS) is 10.5. The van der Waals surface area contributed by atoms with Gasteiger partial charge in [0.25, 0.3) is 5.69 Å². The maximum absolute atomic E-state index is 10.7. The highest BCUT2D eigenvalue weighted by atomic mass is 35.5. The predicted molar refractivity (Wildman–Crippen MR) is 64.4 cm³/mol. The molecule has 0 aliphatic heterocycles. The molecule has 0 unspecified atom stereocenters. The standard InChI is InChI=1S/C10H9ClN4O2/c1-6-4-10(12)13-14(6)9-5-7(15(16)17)2-3-8(9)11/h2-5H,1H3,(H2,12,13). The van der Waals surface area contributed by atoms with E-state index in [1.54, 1.807) is 13.0 Å². The summed E-state index contributed by atoms with van der Waals surface area (Å²) in [5, 5.41) is 15.1. The van der Waals surface area contributed by atoms with Gasteiger partial charge < -0.3 is 5.73 Å². The number of non-ortho nitro benzene ring substituents is 1. The van der Waals surface area contributed by atoms with Crippen molar-refractivity contribution in [3.05, 3.63) is 45.1 Å². The third-order valence-corrected chi connectivity index (χ3v) is 2.59. The lowest BCUT2D eigenvalue weighted by Gasteiger charge is -2.06. The zero-order chi connectivity index (χ0) is 12.6.